The van der Waals surface area contributed by atoms with E-state index in [1.807, 2.05) is 0 Å². The minimum Gasteiger partial charge on any atom is -0.450 e. The Morgan fingerprint density at radius 1 is 1.00 bits per heavy atom. The molecule has 0 aliphatic carbocycles. The molecule has 0 saturated heterocycles. The molecule has 3 aromatic rings. The highest BCUT2D eigenvalue weighted by Crippen LogP contribution is 2.30. The van der Waals surface area contributed by atoms with Crippen LogP contribution in [0.25, 0.3) is 11.0 Å². The van der Waals surface area contributed by atoms with Gasteiger partial charge < -0.3 is 9.73 Å². The van der Waals surface area contributed by atoms with Gasteiger partial charge in [-0.1, -0.05) is 24.3 Å². The number of benzene rings is 2. The van der Waals surface area contributed by atoms with Crippen molar-refractivity contribution in [1.29, 1.82) is 0 Å². The van der Waals surface area contributed by atoms with Crippen molar-refractivity contribution in [2.45, 2.75) is 6.04 Å². The second-order valence-electron chi connectivity index (χ2n) is 5.13. The van der Waals surface area contributed by atoms with Gasteiger partial charge in [-0.25, -0.2) is 4.39 Å². The zero-order chi connectivity index (χ0) is 15.3. The highest BCUT2D eigenvalue weighted by molar-refractivity contribution is 5.98. The Morgan fingerprint density at radius 3 is 2.50 bits per heavy atom. The van der Waals surface area contributed by atoms with Crippen LogP contribution in [0.1, 0.15) is 27.7 Å². The van der Waals surface area contributed by atoms with Crippen LogP contribution in [-0.4, -0.2) is 5.91 Å². The van der Waals surface area contributed by atoms with E-state index in [0.29, 0.717) is 16.5 Å². The molecular weight excluding hydrogens is 285 g/mol. The van der Waals surface area contributed by atoms with Crippen LogP contribution in [0.5, 0.6) is 0 Å². The smallest absolute Gasteiger partial charge is 0.288 e. The maximum atomic E-state index is 13.1. The van der Waals surface area contributed by atoms with Gasteiger partial charge in [0.2, 0.25) is 5.76 Å². The van der Waals surface area contributed by atoms with Gasteiger partial charge in [0.05, 0.1) is 17.0 Å². The Morgan fingerprint density at radius 2 is 1.73 bits per heavy atom. The van der Waals surface area contributed by atoms with E-state index in [-0.39, 0.29) is 22.6 Å². The summed E-state index contributed by atoms with van der Waals surface area (Å²) in [7, 11) is 0. The van der Waals surface area contributed by atoms with E-state index < -0.39 is 11.9 Å². The van der Waals surface area contributed by atoms with Crippen molar-refractivity contribution in [2.75, 3.05) is 0 Å². The Labute approximate surface area is 124 Å². The van der Waals surface area contributed by atoms with E-state index in [9.17, 15) is 14.0 Å². The molecular formula is C17H10FNO3. The highest BCUT2D eigenvalue weighted by Gasteiger charge is 2.35. The van der Waals surface area contributed by atoms with Crippen molar-refractivity contribution in [3.05, 3.63) is 81.5 Å². The lowest BCUT2D eigenvalue weighted by Crippen LogP contribution is -2.21. The van der Waals surface area contributed by atoms with E-state index in [1.165, 1.54) is 12.1 Å². The molecule has 0 bridgehead atoms. The fourth-order valence-electron chi connectivity index (χ4n) is 2.76. The predicted molar refractivity (Wildman–Crippen MR) is 78.2 cm³/mol. The zero-order valence-corrected chi connectivity index (χ0v) is 11.3. The van der Waals surface area contributed by atoms with Crippen LogP contribution >= 0.6 is 0 Å². The molecule has 22 heavy (non-hydrogen) atoms. The SMILES string of the molecule is O=C1NC(c2ccc(F)cc2)c2c1oc1ccccc1c2=O. The molecule has 1 amide bonds. The number of fused-ring (bicyclic) bond motifs is 2. The third-order valence-corrected chi connectivity index (χ3v) is 3.81. The van der Waals surface area contributed by atoms with Crippen molar-refractivity contribution in [1.82, 2.24) is 5.32 Å². The summed E-state index contributed by atoms with van der Waals surface area (Å²) in [6.07, 6.45) is 0. The van der Waals surface area contributed by atoms with Gasteiger partial charge in [-0.05, 0) is 29.8 Å². The summed E-state index contributed by atoms with van der Waals surface area (Å²) in [6, 6.07) is 11.8. The van der Waals surface area contributed by atoms with Crippen molar-refractivity contribution >= 4 is 16.9 Å². The molecule has 1 N–H and O–H groups in total. The molecule has 1 unspecified atom stereocenters. The summed E-state index contributed by atoms with van der Waals surface area (Å²) in [5, 5.41) is 3.14. The normalized spacial score (nSPS) is 16.6. The van der Waals surface area contributed by atoms with Gasteiger partial charge in [0.25, 0.3) is 5.91 Å². The molecule has 0 radical (unpaired) electrons. The van der Waals surface area contributed by atoms with Gasteiger partial charge in [-0.2, -0.15) is 0 Å². The highest BCUT2D eigenvalue weighted by atomic mass is 19.1. The number of amides is 1. The molecule has 2 aromatic carbocycles. The van der Waals surface area contributed by atoms with Crippen LogP contribution < -0.4 is 10.7 Å². The molecule has 108 valence electrons. The zero-order valence-electron chi connectivity index (χ0n) is 11.3. The molecule has 4 rings (SSSR count). The third kappa shape index (κ3) is 1.75. The number of hydrogen-bond acceptors (Lipinski definition) is 3. The number of para-hydroxylation sites is 1. The molecule has 1 aliphatic rings. The van der Waals surface area contributed by atoms with Crippen LogP contribution in [0.2, 0.25) is 0 Å². The van der Waals surface area contributed by atoms with Gasteiger partial charge in [0, 0.05) is 0 Å². The number of rotatable bonds is 1. The van der Waals surface area contributed by atoms with Crippen molar-refractivity contribution in [3.63, 3.8) is 0 Å². The number of hydrogen-bond donors (Lipinski definition) is 1. The van der Waals surface area contributed by atoms with E-state index in [0.717, 1.165) is 0 Å². The van der Waals surface area contributed by atoms with Crippen molar-refractivity contribution in [2.24, 2.45) is 0 Å². The first-order valence-corrected chi connectivity index (χ1v) is 6.77. The first-order chi connectivity index (χ1) is 10.6. The summed E-state index contributed by atoms with van der Waals surface area (Å²) < 4.78 is 18.7. The average molecular weight is 295 g/mol. The van der Waals surface area contributed by atoms with Gasteiger partial charge in [-0.3, -0.25) is 9.59 Å². The first kappa shape index (κ1) is 12.8. The largest absolute Gasteiger partial charge is 0.450 e. The maximum Gasteiger partial charge on any atom is 0.288 e. The molecule has 1 atom stereocenters. The predicted octanol–water partition coefficient (Wildman–Crippen LogP) is 2.76. The van der Waals surface area contributed by atoms with E-state index in [2.05, 4.69) is 5.32 Å². The third-order valence-electron chi connectivity index (χ3n) is 3.81. The van der Waals surface area contributed by atoms with E-state index in [4.69, 9.17) is 4.42 Å². The topological polar surface area (TPSA) is 59.3 Å². The lowest BCUT2D eigenvalue weighted by atomic mass is 9.99. The summed E-state index contributed by atoms with van der Waals surface area (Å²) >= 11 is 0. The standard InChI is InChI=1S/C17H10FNO3/c18-10-7-5-9(6-8-10)14-13-15(20)11-3-1-2-4-12(11)22-16(13)17(21)19-14/h1-8,14H,(H,19,21). The fourth-order valence-corrected chi connectivity index (χ4v) is 2.76. The summed E-state index contributed by atoms with van der Waals surface area (Å²) in [5.41, 5.74) is 1.04. The number of carbonyl (C=O) groups excluding carboxylic acids is 1. The van der Waals surface area contributed by atoms with Gasteiger partial charge in [0.15, 0.2) is 5.43 Å². The lowest BCUT2D eigenvalue weighted by Gasteiger charge is -2.11. The Balaban J connectivity index is 1.99. The fraction of sp³-hybridized carbons (Fsp3) is 0.0588. The van der Waals surface area contributed by atoms with Crippen LogP contribution in [0, 0.1) is 5.82 Å². The Kier molecular flexibility index (Phi) is 2.63. The second-order valence-corrected chi connectivity index (χ2v) is 5.13. The number of carbonyl (C=O) groups is 1. The molecule has 0 fully saturated rings. The van der Waals surface area contributed by atoms with Crippen LogP contribution in [0.4, 0.5) is 4.39 Å². The molecule has 2 heterocycles. The molecule has 4 nitrogen and oxygen atoms in total. The Hall–Kier alpha value is -2.95. The number of halogens is 1. The van der Waals surface area contributed by atoms with E-state index in [1.54, 1.807) is 36.4 Å². The molecule has 5 heteroatoms. The van der Waals surface area contributed by atoms with E-state index >= 15 is 0 Å². The monoisotopic (exact) mass is 295 g/mol. The molecule has 1 aromatic heterocycles. The van der Waals surface area contributed by atoms with Crippen LogP contribution in [-0.2, 0) is 0 Å². The summed E-state index contributed by atoms with van der Waals surface area (Å²) in [5.74, 6) is -0.788. The van der Waals surface area contributed by atoms with Gasteiger partial charge >= 0.3 is 0 Å². The van der Waals surface area contributed by atoms with Crippen LogP contribution in [0.3, 0.4) is 0 Å². The number of nitrogens with one attached hydrogen (secondary N) is 1. The first-order valence-electron chi connectivity index (χ1n) is 6.77. The van der Waals surface area contributed by atoms with Gasteiger partial charge in [0.1, 0.15) is 11.4 Å². The molecule has 0 saturated carbocycles. The average Bonchev–Trinajstić information content (AvgIpc) is 2.86. The lowest BCUT2D eigenvalue weighted by molar-refractivity contribution is 0.0938. The summed E-state index contributed by atoms with van der Waals surface area (Å²) in [4.78, 5) is 24.8. The second kappa shape index (κ2) is 4.53. The molecule has 0 spiro atoms. The van der Waals surface area contributed by atoms with Crippen LogP contribution in [0.15, 0.2) is 57.7 Å². The summed E-state index contributed by atoms with van der Waals surface area (Å²) in [6.45, 7) is 0. The quantitative estimate of drug-likeness (QED) is 0.751. The van der Waals surface area contributed by atoms with Crippen molar-refractivity contribution in [3.8, 4) is 0 Å². The minimum atomic E-state index is -0.621. The maximum absolute atomic E-state index is 13.1. The minimum absolute atomic E-state index is 0.0259. The Bertz CT molecular complexity index is 960. The van der Waals surface area contributed by atoms with Gasteiger partial charge in [-0.15, -0.1) is 0 Å². The van der Waals surface area contributed by atoms with Crippen molar-refractivity contribution < 1.29 is 13.6 Å². The molecule has 1 aliphatic heterocycles.